The minimum atomic E-state index is -0.586. The van der Waals surface area contributed by atoms with Gasteiger partial charge < -0.3 is 11.5 Å². The van der Waals surface area contributed by atoms with Crippen LogP contribution in [0, 0.1) is 11.6 Å². The van der Waals surface area contributed by atoms with Gasteiger partial charge in [-0.2, -0.15) is 0 Å². The molecule has 1 unspecified atom stereocenters. The predicted molar refractivity (Wildman–Crippen MR) is 70.4 cm³/mol. The molecule has 0 aliphatic rings. The number of hydrogen-bond acceptors (Lipinski definition) is 3. The van der Waals surface area contributed by atoms with E-state index in [4.69, 9.17) is 11.5 Å². The number of nitrogens with two attached hydrogens (primary N) is 2. The third-order valence-electron chi connectivity index (χ3n) is 2.84. The largest absolute Gasteiger partial charge is 0.384 e. The molecule has 3 nitrogen and oxygen atoms in total. The molecule has 0 saturated carbocycles. The molecule has 0 spiro atoms. The minimum absolute atomic E-state index is 0.262. The molecule has 1 atom stereocenters. The van der Waals surface area contributed by atoms with Crippen LogP contribution in [-0.4, -0.2) is 11.0 Å². The van der Waals surface area contributed by atoms with Crippen molar-refractivity contribution in [1.82, 2.24) is 4.98 Å². The van der Waals surface area contributed by atoms with Gasteiger partial charge in [0.05, 0.1) is 0 Å². The van der Waals surface area contributed by atoms with Crippen molar-refractivity contribution in [2.75, 3.05) is 5.73 Å². The Kier molecular flexibility index (Phi) is 4.06. The normalized spacial score (nSPS) is 12.4. The second-order valence-electron chi connectivity index (χ2n) is 4.49. The van der Waals surface area contributed by atoms with Crippen LogP contribution in [0.15, 0.2) is 36.5 Å². The summed E-state index contributed by atoms with van der Waals surface area (Å²) in [5.74, 6) is -0.723. The number of pyridine rings is 1. The van der Waals surface area contributed by atoms with Crippen LogP contribution in [0.1, 0.15) is 11.1 Å². The molecule has 2 aromatic rings. The molecule has 1 aromatic heterocycles. The van der Waals surface area contributed by atoms with Gasteiger partial charge in [-0.15, -0.1) is 0 Å². The fraction of sp³-hybridized carbons (Fsp3) is 0.214. The van der Waals surface area contributed by atoms with Gasteiger partial charge in [0.1, 0.15) is 17.5 Å². The van der Waals surface area contributed by atoms with Crippen molar-refractivity contribution in [2.24, 2.45) is 5.73 Å². The average molecular weight is 263 g/mol. The SMILES string of the molecule is Nc1cc(CC(N)Cc2ccc(F)cc2F)ccn1. The summed E-state index contributed by atoms with van der Waals surface area (Å²) in [5, 5.41) is 0. The van der Waals surface area contributed by atoms with E-state index in [0.29, 0.717) is 24.2 Å². The maximum Gasteiger partial charge on any atom is 0.129 e. The van der Waals surface area contributed by atoms with Crippen molar-refractivity contribution in [3.05, 3.63) is 59.3 Å². The van der Waals surface area contributed by atoms with Gasteiger partial charge in [0.15, 0.2) is 0 Å². The molecule has 0 radical (unpaired) electrons. The van der Waals surface area contributed by atoms with E-state index < -0.39 is 11.6 Å². The van der Waals surface area contributed by atoms with Gasteiger partial charge in [-0.05, 0) is 42.2 Å². The number of nitrogens with zero attached hydrogens (tertiary/aromatic N) is 1. The van der Waals surface area contributed by atoms with Crippen LogP contribution in [0.4, 0.5) is 14.6 Å². The zero-order chi connectivity index (χ0) is 13.8. The van der Waals surface area contributed by atoms with Crippen LogP contribution in [0.25, 0.3) is 0 Å². The second-order valence-corrected chi connectivity index (χ2v) is 4.49. The third-order valence-corrected chi connectivity index (χ3v) is 2.84. The maximum atomic E-state index is 13.5. The van der Waals surface area contributed by atoms with Crippen molar-refractivity contribution in [2.45, 2.75) is 18.9 Å². The number of rotatable bonds is 4. The summed E-state index contributed by atoms with van der Waals surface area (Å²) in [6.45, 7) is 0. The van der Waals surface area contributed by atoms with E-state index in [9.17, 15) is 8.78 Å². The fourth-order valence-electron chi connectivity index (χ4n) is 1.97. The smallest absolute Gasteiger partial charge is 0.129 e. The highest BCUT2D eigenvalue weighted by Gasteiger charge is 2.10. The van der Waals surface area contributed by atoms with E-state index >= 15 is 0 Å². The number of hydrogen-bond donors (Lipinski definition) is 2. The molecule has 100 valence electrons. The Hall–Kier alpha value is -2.01. The summed E-state index contributed by atoms with van der Waals surface area (Å²) in [6, 6.07) is 6.81. The number of aromatic nitrogens is 1. The van der Waals surface area contributed by atoms with E-state index in [1.54, 1.807) is 12.3 Å². The van der Waals surface area contributed by atoms with E-state index in [0.717, 1.165) is 11.6 Å². The first-order chi connectivity index (χ1) is 9.04. The Morgan fingerprint density at radius 3 is 2.58 bits per heavy atom. The number of nitrogen functional groups attached to an aromatic ring is 1. The first kappa shape index (κ1) is 13.4. The molecule has 5 heteroatoms. The van der Waals surface area contributed by atoms with Crippen LogP contribution >= 0.6 is 0 Å². The minimum Gasteiger partial charge on any atom is -0.384 e. The standard InChI is InChI=1S/C14H15F2N3/c15-11-2-1-10(13(16)8-11)7-12(17)5-9-3-4-19-14(18)6-9/h1-4,6,8,12H,5,7,17H2,(H2,18,19). The molecular weight excluding hydrogens is 248 g/mol. The second kappa shape index (κ2) is 5.75. The van der Waals surface area contributed by atoms with E-state index in [1.165, 1.54) is 12.1 Å². The van der Waals surface area contributed by atoms with Crippen molar-refractivity contribution in [1.29, 1.82) is 0 Å². The third kappa shape index (κ3) is 3.72. The van der Waals surface area contributed by atoms with Crippen molar-refractivity contribution in [3.63, 3.8) is 0 Å². The quantitative estimate of drug-likeness (QED) is 0.887. The molecule has 0 amide bonds. The first-order valence-electron chi connectivity index (χ1n) is 5.94. The summed E-state index contributed by atoms with van der Waals surface area (Å²) in [6.07, 6.45) is 2.51. The lowest BCUT2D eigenvalue weighted by Crippen LogP contribution is -2.26. The molecule has 1 heterocycles. The van der Waals surface area contributed by atoms with Gasteiger partial charge >= 0.3 is 0 Å². The molecule has 0 aliphatic heterocycles. The Morgan fingerprint density at radius 1 is 1.11 bits per heavy atom. The number of anilines is 1. The molecule has 0 saturated heterocycles. The Bertz CT molecular complexity index is 572. The predicted octanol–water partition coefficient (Wildman–Crippen LogP) is 2.05. The van der Waals surface area contributed by atoms with E-state index in [-0.39, 0.29) is 6.04 Å². The van der Waals surface area contributed by atoms with E-state index in [1.807, 2.05) is 6.07 Å². The highest BCUT2D eigenvalue weighted by atomic mass is 19.1. The summed E-state index contributed by atoms with van der Waals surface area (Å²) in [7, 11) is 0. The zero-order valence-corrected chi connectivity index (χ0v) is 10.3. The van der Waals surface area contributed by atoms with Crippen LogP contribution in [0.3, 0.4) is 0 Å². The summed E-state index contributed by atoms with van der Waals surface area (Å²) in [5.41, 5.74) is 12.9. The van der Waals surface area contributed by atoms with Crippen LogP contribution in [-0.2, 0) is 12.8 Å². The summed E-state index contributed by atoms with van der Waals surface area (Å²) < 4.78 is 26.3. The molecular formula is C14H15F2N3. The van der Waals surface area contributed by atoms with E-state index in [2.05, 4.69) is 4.98 Å². The topological polar surface area (TPSA) is 64.9 Å². The van der Waals surface area contributed by atoms with Gasteiger partial charge in [0, 0.05) is 18.3 Å². The van der Waals surface area contributed by atoms with Crippen LogP contribution in [0.2, 0.25) is 0 Å². The van der Waals surface area contributed by atoms with Gasteiger partial charge in [0.2, 0.25) is 0 Å². The lowest BCUT2D eigenvalue weighted by molar-refractivity contribution is 0.558. The fourth-order valence-corrected chi connectivity index (χ4v) is 1.97. The van der Waals surface area contributed by atoms with Crippen LogP contribution in [0.5, 0.6) is 0 Å². The Labute approximate surface area is 110 Å². The highest BCUT2D eigenvalue weighted by Crippen LogP contribution is 2.13. The van der Waals surface area contributed by atoms with Gasteiger partial charge in [-0.1, -0.05) is 6.07 Å². The molecule has 0 aliphatic carbocycles. The highest BCUT2D eigenvalue weighted by molar-refractivity contribution is 5.32. The molecule has 0 bridgehead atoms. The van der Waals surface area contributed by atoms with Gasteiger partial charge in [0.25, 0.3) is 0 Å². The zero-order valence-electron chi connectivity index (χ0n) is 10.3. The van der Waals surface area contributed by atoms with Crippen molar-refractivity contribution >= 4 is 5.82 Å². The van der Waals surface area contributed by atoms with Crippen LogP contribution < -0.4 is 11.5 Å². The first-order valence-corrected chi connectivity index (χ1v) is 5.94. The lowest BCUT2D eigenvalue weighted by atomic mass is 10.00. The summed E-state index contributed by atoms with van der Waals surface area (Å²) >= 11 is 0. The molecule has 2 rings (SSSR count). The Morgan fingerprint density at radius 2 is 1.89 bits per heavy atom. The van der Waals surface area contributed by atoms with Gasteiger partial charge in [-0.25, -0.2) is 13.8 Å². The number of benzene rings is 1. The summed E-state index contributed by atoms with van der Waals surface area (Å²) in [4.78, 5) is 3.89. The van der Waals surface area contributed by atoms with Gasteiger partial charge in [-0.3, -0.25) is 0 Å². The maximum absolute atomic E-state index is 13.5. The molecule has 4 N–H and O–H groups in total. The monoisotopic (exact) mass is 263 g/mol. The molecule has 19 heavy (non-hydrogen) atoms. The molecule has 0 fully saturated rings. The lowest BCUT2D eigenvalue weighted by Gasteiger charge is -2.12. The molecule has 1 aromatic carbocycles. The van der Waals surface area contributed by atoms with Crippen molar-refractivity contribution in [3.8, 4) is 0 Å². The number of halogens is 2. The van der Waals surface area contributed by atoms with Crippen molar-refractivity contribution < 1.29 is 8.78 Å². The Balaban J connectivity index is 2.03. The average Bonchev–Trinajstić information content (AvgIpc) is 2.33.